The molecule has 0 bridgehead atoms. The third kappa shape index (κ3) is 8.92. The smallest absolute Gasteiger partial charge is 0.335 e. The van der Waals surface area contributed by atoms with Gasteiger partial charge < -0.3 is 25.2 Å². The molecule has 0 saturated heterocycles. The molecule has 0 unspecified atom stereocenters. The lowest BCUT2D eigenvalue weighted by Gasteiger charge is -2.13. The van der Waals surface area contributed by atoms with E-state index < -0.39 is 15.8 Å². The molecule has 17 heteroatoms. The molecule has 0 atom stereocenters. The van der Waals surface area contributed by atoms with Crippen LogP contribution in [0.2, 0.25) is 0 Å². The van der Waals surface area contributed by atoms with Gasteiger partial charge in [0.25, 0.3) is 11.4 Å². The fourth-order valence-corrected chi connectivity index (χ4v) is 5.56. The number of pyridine rings is 2. The number of fused-ring (bicyclic) bond motifs is 3. The minimum Gasteiger partial charge on any atom is -0.478 e. The quantitative estimate of drug-likeness (QED) is 0.0510. The van der Waals surface area contributed by atoms with E-state index in [0.717, 1.165) is 54.2 Å². The first-order valence-electron chi connectivity index (χ1n) is 15.8. The second kappa shape index (κ2) is 17.0. The van der Waals surface area contributed by atoms with Crippen LogP contribution in [0, 0.1) is 20.2 Å². The summed E-state index contributed by atoms with van der Waals surface area (Å²) in [4.78, 5) is 61.2. The summed E-state index contributed by atoms with van der Waals surface area (Å²) in [5.41, 5.74) is 10.1. The van der Waals surface area contributed by atoms with E-state index in [2.05, 4.69) is 21.5 Å². The van der Waals surface area contributed by atoms with Gasteiger partial charge in [0.1, 0.15) is 33.7 Å². The topological polar surface area (TPSA) is 217 Å². The number of imidazole rings is 1. The number of carboxylic acid groups (broad SMARTS) is 1. The van der Waals surface area contributed by atoms with Crippen LogP contribution in [0.1, 0.15) is 59.1 Å². The van der Waals surface area contributed by atoms with E-state index in [0.29, 0.717) is 41.1 Å². The van der Waals surface area contributed by atoms with Crippen LogP contribution >= 0.6 is 0 Å². The van der Waals surface area contributed by atoms with Crippen LogP contribution in [0.4, 0.5) is 28.6 Å². The maximum Gasteiger partial charge on any atom is 0.335 e. The summed E-state index contributed by atoms with van der Waals surface area (Å²) in [6.07, 6.45) is 5.20. The average Bonchev–Trinajstić information content (AvgIpc) is 3.47. The van der Waals surface area contributed by atoms with Crippen molar-refractivity contribution in [3.8, 4) is 0 Å². The summed E-state index contributed by atoms with van der Waals surface area (Å²) in [6.45, 7) is 2.78. The lowest BCUT2D eigenvalue weighted by Crippen LogP contribution is -2.12. The van der Waals surface area contributed by atoms with Gasteiger partial charge in [-0.2, -0.15) is 0 Å². The zero-order valence-corrected chi connectivity index (χ0v) is 29.1. The second-order valence-electron chi connectivity index (χ2n) is 11.8. The first-order chi connectivity index (χ1) is 23.7. The Hall–Kier alpha value is -6.13. The molecular weight excluding hydrogens is 657 g/mol. The van der Waals surface area contributed by atoms with Crippen LogP contribution in [0.3, 0.4) is 0 Å². The molecule has 16 nitrogen and oxygen atoms in total. The van der Waals surface area contributed by atoms with Crippen molar-refractivity contribution >= 4 is 70.8 Å². The molecule has 3 heterocycles. The number of carboxylic acids is 1. The first kappa shape index (κ1) is 39.3. The van der Waals surface area contributed by atoms with Crippen LogP contribution in [-0.4, -0.2) is 82.8 Å². The summed E-state index contributed by atoms with van der Waals surface area (Å²) >= 11 is 0. The number of nitrogens with two attached hydrogens (primary N) is 1. The third-order valence-corrected chi connectivity index (χ3v) is 8.02. The van der Waals surface area contributed by atoms with Gasteiger partial charge in [0.15, 0.2) is 11.6 Å². The Labute approximate surface area is 295 Å². The number of nitrogens with zero attached hydrogens (tertiary/aromatic N) is 8. The summed E-state index contributed by atoms with van der Waals surface area (Å²) in [7, 11) is 6.79. The number of nitro groups is 2. The van der Waals surface area contributed by atoms with E-state index in [1.807, 2.05) is 12.1 Å². The Bertz CT molecular complexity index is 2080. The summed E-state index contributed by atoms with van der Waals surface area (Å²) in [5, 5.41) is 30.8. The molecule has 265 valence electrons. The molecule has 3 aromatic heterocycles. The number of aromatic carboxylic acids is 1. The van der Waals surface area contributed by atoms with Gasteiger partial charge in [-0.3, -0.25) is 30.0 Å². The fraction of sp³-hybridized carbons (Fsp3) is 0.324. The number of anilines is 3. The Kier molecular flexibility index (Phi) is 13.1. The van der Waals surface area contributed by atoms with Crippen molar-refractivity contribution in [2.75, 3.05) is 43.7 Å². The number of aromatic nitrogens is 4. The lowest BCUT2D eigenvalue weighted by atomic mass is 10.0. The van der Waals surface area contributed by atoms with Crippen molar-refractivity contribution < 1.29 is 24.5 Å². The van der Waals surface area contributed by atoms with E-state index >= 15 is 0 Å². The van der Waals surface area contributed by atoms with Crippen molar-refractivity contribution in [1.29, 1.82) is 0 Å². The number of benzene rings is 2. The highest BCUT2D eigenvalue weighted by molar-refractivity contribution is 6.04. The molecule has 5 aromatic rings. The van der Waals surface area contributed by atoms with E-state index in [1.54, 1.807) is 56.3 Å². The van der Waals surface area contributed by atoms with Crippen LogP contribution in [0.15, 0.2) is 54.7 Å². The highest BCUT2D eigenvalue weighted by Gasteiger charge is 2.20. The van der Waals surface area contributed by atoms with Crippen LogP contribution < -0.4 is 15.5 Å². The van der Waals surface area contributed by atoms with Gasteiger partial charge in [0.2, 0.25) is 0 Å². The molecule has 0 fully saturated rings. The molecule has 3 N–H and O–H groups in total. The minimum atomic E-state index is -1.18. The molecular formula is C34H39BN9O7. The number of nitrogen functional groups attached to an aromatic ring is 1. The van der Waals surface area contributed by atoms with E-state index in [-0.39, 0.29) is 31.1 Å². The molecule has 3 radical (unpaired) electrons. The number of hydrogen-bond acceptors (Lipinski definition) is 12. The Morgan fingerprint density at radius 2 is 1.45 bits per heavy atom. The second-order valence-corrected chi connectivity index (χ2v) is 11.8. The SMILES string of the molecule is CCc1nc2c(N)nc3cccnc3c2n1CCCCCC(=O)c1ccc(N(C)C)c([N+](=O)[O-])c1.CN(C)c1ccc(C(=O)O)cc1[N+](=O)[O-].[B]. The number of hydrogen-bond donors (Lipinski definition) is 2. The number of carbonyl (C=O) groups excluding carboxylic acids is 1. The number of carbonyl (C=O) groups is 2. The molecule has 0 aliphatic rings. The Morgan fingerprint density at radius 3 is 2.00 bits per heavy atom. The average molecular weight is 697 g/mol. The highest BCUT2D eigenvalue weighted by atomic mass is 16.6. The predicted molar refractivity (Wildman–Crippen MR) is 197 cm³/mol. The van der Waals surface area contributed by atoms with Gasteiger partial charge in [-0.05, 0) is 49.2 Å². The van der Waals surface area contributed by atoms with Crippen molar-refractivity contribution in [3.05, 3.63) is 91.9 Å². The number of rotatable bonds is 13. The Morgan fingerprint density at radius 1 is 0.863 bits per heavy atom. The van der Waals surface area contributed by atoms with Gasteiger partial charge in [0.05, 0.1) is 20.9 Å². The van der Waals surface area contributed by atoms with Crippen LogP contribution in [0.25, 0.3) is 22.1 Å². The number of aryl methyl sites for hydroxylation is 2. The van der Waals surface area contributed by atoms with Gasteiger partial charge in [-0.1, -0.05) is 13.3 Å². The zero-order chi connectivity index (χ0) is 36.7. The maximum absolute atomic E-state index is 12.7. The summed E-state index contributed by atoms with van der Waals surface area (Å²) in [5.74, 6) is 0.0585. The number of ketones is 1. The number of nitro benzene ring substituents is 2. The monoisotopic (exact) mass is 696 g/mol. The molecule has 51 heavy (non-hydrogen) atoms. The normalized spacial score (nSPS) is 10.6. The lowest BCUT2D eigenvalue weighted by molar-refractivity contribution is -0.384. The zero-order valence-electron chi connectivity index (χ0n) is 29.1. The molecule has 0 aliphatic carbocycles. The van der Waals surface area contributed by atoms with Crippen molar-refractivity contribution in [1.82, 2.24) is 19.5 Å². The molecule has 0 aliphatic heterocycles. The predicted octanol–water partition coefficient (Wildman–Crippen LogP) is 5.52. The van der Waals surface area contributed by atoms with Crippen LogP contribution in [0.5, 0.6) is 0 Å². The van der Waals surface area contributed by atoms with E-state index in [4.69, 9.17) is 15.8 Å². The molecule has 0 spiro atoms. The van der Waals surface area contributed by atoms with Gasteiger partial charge in [0, 0.05) is 79.9 Å². The number of Topliss-reactive ketones (excluding diaryl/α,β-unsaturated/α-hetero) is 1. The standard InChI is InChI=1S/C25H29N7O3.C9H10N2O4.B/c1-4-21-29-23-24(22-17(28-25(23)26)9-8-13-27-22)31(21)14-7-5-6-10-20(33)16-11-12-18(30(2)3)19(15-16)32(34)35;1-10(2)7-4-3-6(9(12)13)5-8(7)11(14)15;/h8-9,11-13,15H,4-7,10,14H2,1-3H3,(H2,26,28);3-5H,1-2H3,(H,12,13);. The fourth-order valence-electron chi connectivity index (χ4n) is 5.56. The van der Waals surface area contributed by atoms with Gasteiger partial charge in [-0.25, -0.2) is 14.8 Å². The first-order valence-corrected chi connectivity index (χ1v) is 15.8. The summed E-state index contributed by atoms with van der Waals surface area (Å²) < 4.78 is 2.16. The summed E-state index contributed by atoms with van der Waals surface area (Å²) in [6, 6.07) is 12.2. The molecule has 0 saturated carbocycles. The molecule has 2 aromatic carbocycles. The largest absolute Gasteiger partial charge is 0.478 e. The Balaban J connectivity index is 0.000000370. The molecule has 0 amide bonds. The highest BCUT2D eigenvalue weighted by Crippen LogP contribution is 2.30. The van der Waals surface area contributed by atoms with Gasteiger partial charge in [-0.15, -0.1) is 0 Å². The number of unbranched alkanes of at least 4 members (excludes halogenated alkanes) is 2. The van der Waals surface area contributed by atoms with E-state index in [9.17, 15) is 29.8 Å². The maximum atomic E-state index is 12.7. The van der Waals surface area contributed by atoms with Crippen molar-refractivity contribution in [3.63, 3.8) is 0 Å². The van der Waals surface area contributed by atoms with Crippen molar-refractivity contribution in [2.24, 2.45) is 0 Å². The van der Waals surface area contributed by atoms with Crippen LogP contribution in [-0.2, 0) is 13.0 Å². The van der Waals surface area contributed by atoms with Crippen molar-refractivity contribution in [2.45, 2.75) is 45.6 Å². The van der Waals surface area contributed by atoms with Gasteiger partial charge >= 0.3 is 5.97 Å². The van der Waals surface area contributed by atoms with E-state index in [1.165, 1.54) is 18.2 Å². The minimum absolute atomic E-state index is 0. The molecule has 5 rings (SSSR count). The third-order valence-electron chi connectivity index (χ3n) is 8.02.